The van der Waals surface area contributed by atoms with Gasteiger partial charge in [-0.15, -0.1) is 0 Å². The van der Waals surface area contributed by atoms with Crippen LogP contribution in [0.15, 0.2) is 46.6 Å². The number of hydrazine groups is 1. The first-order chi connectivity index (χ1) is 8.66. The highest BCUT2D eigenvalue weighted by Crippen LogP contribution is 2.36. The fourth-order valence-electron chi connectivity index (χ4n) is 2.25. The molecule has 0 spiro atoms. The van der Waals surface area contributed by atoms with Crippen LogP contribution in [0.1, 0.15) is 12.5 Å². The van der Waals surface area contributed by atoms with Crippen molar-refractivity contribution in [1.82, 2.24) is 15.0 Å². The van der Waals surface area contributed by atoms with Crippen molar-refractivity contribution >= 4 is 22.9 Å². The predicted molar refractivity (Wildman–Crippen MR) is 72.7 cm³/mol. The lowest BCUT2D eigenvalue weighted by molar-refractivity contribution is 0.120. The number of allylic oxidation sites excluding steroid dienone is 1. The summed E-state index contributed by atoms with van der Waals surface area (Å²) in [4.78, 5) is 8.65. The quantitative estimate of drug-likeness (QED) is 0.727. The zero-order valence-corrected chi connectivity index (χ0v) is 11.0. The first kappa shape index (κ1) is 11.4. The van der Waals surface area contributed by atoms with E-state index in [0.717, 1.165) is 23.6 Å². The number of hydrogen-bond donors (Lipinski definition) is 0. The first-order valence-electron chi connectivity index (χ1n) is 5.74. The van der Waals surface area contributed by atoms with E-state index in [1.165, 1.54) is 5.57 Å². The normalized spacial score (nSPS) is 19.8. The van der Waals surface area contributed by atoms with Crippen LogP contribution in [-0.4, -0.2) is 34.3 Å². The van der Waals surface area contributed by atoms with Crippen LogP contribution in [0.4, 0.5) is 0 Å². The van der Waals surface area contributed by atoms with Crippen LogP contribution < -0.4 is 0 Å². The molecule has 0 saturated heterocycles. The Kier molecular flexibility index (Phi) is 2.69. The summed E-state index contributed by atoms with van der Waals surface area (Å²) in [6.45, 7) is 2.75. The molecular formula is C13H13ClN4. The fourth-order valence-corrected chi connectivity index (χ4v) is 2.61. The molecule has 0 aromatic carbocycles. The standard InChI is InChI=1S/C13H13ClN4/c1-9-7-12(14)18-13(16-9)11(8-17(18)2)10-3-5-15-6-4-10/h3-7H,8H2,1-2H3. The summed E-state index contributed by atoms with van der Waals surface area (Å²) in [6.07, 6.45) is 5.46. The Morgan fingerprint density at radius 1 is 1.28 bits per heavy atom. The van der Waals surface area contributed by atoms with Crippen LogP contribution in [0.5, 0.6) is 0 Å². The van der Waals surface area contributed by atoms with Crippen molar-refractivity contribution in [3.8, 4) is 0 Å². The monoisotopic (exact) mass is 260 g/mol. The molecule has 0 bridgehead atoms. The van der Waals surface area contributed by atoms with Gasteiger partial charge in [-0.2, -0.15) is 0 Å². The van der Waals surface area contributed by atoms with Crippen molar-refractivity contribution in [1.29, 1.82) is 0 Å². The molecule has 0 aliphatic carbocycles. The van der Waals surface area contributed by atoms with Gasteiger partial charge in [0, 0.05) is 37.3 Å². The summed E-state index contributed by atoms with van der Waals surface area (Å²) in [5.74, 6) is 0.911. The van der Waals surface area contributed by atoms with Gasteiger partial charge in [0.1, 0.15) is 5.16 Å². The van der Waals surface area contributed by atoms with Gasteiger partial charge in [0.05, 0.1) is 0 Å². The number of pyridine rings is 1. The summed E-state index contributed by atoms with van der Waals surface area (Å²) < 4.78 is 0. The zero-order valence-electron chi connectivity index (χ0n) is 10.3. The second kappa shape index (κ2) is 4.23. The zero-order chi connectivity index (χ0) is 12.7. The Morgan fingerprint density at radius 3 is 2.72 bits per heavy atom. The van der Waals surface area contributed by atoms with Crippen LogP contribution in [0.2, 0.25) is 0 Å². The Bertz CT molecular complexity index is 574. The molecule has 0 saturated carbocycles. The van der Waals surface area contributed by atoms with Crippen LogP contribution >= 0.6 is 11.6 Å². The minimum Gasteiger partial charge on any atom is -0.265 e. The first-order valence-corrected chi connectivity index (χ1v) is 6.12. The van der Waals surface area contributed by atoms with Crippen molar-refractivity contribution in [3.05, 3.63) is 47.1 Å². The topological polar surface area (TPSA) is 31.7 Å². The molecule has 2 aliphatic heterocycles. The van der Waals surface area contributed by atoms with Gasteiger partial charge in [0.2, 0.25) is 0 Å². The Hall–Kier alpha value is -1.65. The maximum Gasteiger partial charge on any atom is 0.153 e. The SMILES string of the molecule is CC1=NC2=C(c3ccncc3)CN(C)N2C(Cl)=C1. The molecule has 0 amide bonds. The second-order valence-electron chi connectivity index (χ2n) is 4.39. The van der Waals surface area contributed by atoms with Crippen molar-refractivity contribution in [2.24, 2.45) is 4.99 Å². The number of rotatable bonds is 1. The number of likely N-dealkylation sites (N-methyl/N-ethyl adjacent to an activating group) is 1. The van der Waals surface area contributed by atoms with E-state index in [4.69, 9.17) is 11.6 Å². The van der Waals surface area contributed by atoms with E-state index in [2.05, 4.69) is 15.0 Å². The molecule has 5 heteroatoms. The van der Waals surface area contributed by atoms with Gasteiger partial charge >= 0.3 is 0 Å². The summed E-state index contributed by atoms with van der Waals surface area (Å²) in [5.41, 5.74) is 3.23. The van der Waals surface area contributed by atoms with E-state index in [-0.39, 0.29) is 0 Å². The summed E-state index contributed by atoms with van der Waals surface area (Å²) >= 11 is 6.28. The molecule has 0 fully saturated rings. The maximum atomic E-state index is 6.28. The van der Waals surface area contributed by atoms with Gasteiger partial charge in [0.25, 0.3) is 0 Å². The smallest absolute Gasteiger partial charge is 0.153 e. The Balaban J connectivity index is 2.13. The highest BCUT2D eigenvalue weighted by atomic mass is 35.5. The van der Waals surface area contributed by atoms with Crippen molar-refractivity contribution in [2.75, 3.05) is 13.6 Å². The molecule has 0 atom stereocenters. The van der Waals surface area contributed by atoms with Crippen molar-refractivity contribution in [3.63, 3.8) is 0 Å². The number of aromatic nitrogens is 1. The van der Waals surface area contributed by atoms with Crippen LogP contribution in [0, 0.1) is 0 Å². The van der Waals surface area contributed by atoms with E-state index in [1.807, 2.05) is 37.2 Å². The minimum atomic E-state index is 0.684. The molecule has 18 heavy (non-hydrogen) atoms. The third-order valence-corrected chi connectivity index (χ3v) is 3.31. The highest BCUT2D eigenvalue weighted by Gasteiger charge is 2.32. The van der Waals surface area contributed by atoms with Crippen LogP contribution in [0.25, 0.3) is 5.57 Å². The molecule has 3 heterocycles. The maximum absolute atomic E-state index is 6.28. The van der Waals surface area contributed by atoms with Gasteiger partial charge in [-0.25, -0.2) is 15.0 Å². The molecule has 0 N–H and O–H groups in total. The van der Waals surface area contributed by atoms with Gasteiger partial charge in [0.15, 0.2) is 5.82 Å². The number of fused-ring (bicyclic) bond motifs is 1. The Morgan fingerprint density at radius 2 is 2.00 bits per heavy atom. The summed E-state index contributed by atoms with van der Waals surface area (Å²) in [6, 6.07) is 3.99. The van der Waals surface area contributed by atoms with E-state index >= 15 is 0 Å². The molecule has 3 rings (SSSR count). The van der Waals surface area contributed by atoms with Gasteiger partial charge in [-0.1, -0.05) is 11.6 Å². The average molecular weight is 261 g/mol. The molecule has 1 aromatic heterocycles. The lowest BCUT2D eigenvalue weighted by atomic mass is 10.1. The van der Waals surface area contributed by atoms with E-state index in [0.29, 0.717) is 5.16 Å². The summed E-state index contributed by atoms with van der Waals surface area (Å²) in [7, 11) is 2.00. The van der Waals surface area contributed by atoms with Gasteiger partial charge < -0.3 is 0 Å². The number of halogens is 1. The van der Waals surface area contributed by atoms with Crippen molar-refractivity contribution in [2.45, 2.75) is 6.92 Å². The Labute approximate surface area is 111 Å². The molecule has 0 unspecified atom stereocenters. The van der Waals surface area contributed by atoms with Gasteiger partial charge in [-0.05, 0) is 30.7 Å². The minimum absolute atomic E-state index is 0.684. The molecule has 4 nitrogen and oxygen atoms in total. The highest BCUT2D eigenvalue weighted by molar-refractivity contribution is 6.31. The number of nitrogens with zero attached hydrogens (tertiary/aromatic N) is 4. The predicted octanol–water partition coefficient (Wildman–Crippen LogP) is 2.47. The lowest BCUT2D eigenvalue weighted by Crippen LogP contribution is -2.33. The fraction of sp³-hybridized carbons (Fsp3) is 0.231. The van der Waals surface area contributed by atoms with Crippen molar-refractivity contribution < 1.29 is 0 Å². The van der Waals surface area contributed by atoms with E-state index in [1.54, 1.807) is 12.4 Å². The van der Waals surface area contributed by atoms with Gasteiger partial charge in [-0.3, -0.25) is 4.98 Å². The average Bonchev–Trinajstić information content (AvgIpc) is 2.67. The molecule has 0 radical (unpaired) electrons. The second-order valence-corrected chi connectivity index (χ2v) is 4.77. The third kappa shape index (κ3) is 1.74. The molecule has 92 valence electrons. The molecule has 2 aliphatic rings. The number of hydrogen-bond acceptors (Lipinski definition) is 4. The summed E-state index contributed by atoms with van der Waals surface area (Å²) in [5, 5.41) is 4.67. The van der Waals surface area contributed by atoms with E-state index in [9.17, 15) is 0 Å². The molecular weight excluding hydrogens is 248 g/mol. The molecule has 1 aromatic rings. The lowest BCUT2D eigenvalue weighted by Gasteiger charge is -2.28. The van der Waals surface area contributed by atoms with Crippen LogP contribution in [0.3, 0.4) is 0 Å². The van der Waals surface area contributed by atoms with Crippen LogP contribution in [-0.2, 0) is 0 Å². The van der Waals surface area contributed by atoms with E-state index < -0.39 is 0 Å². The third-order valence-electron chi connectivity index (χ3n) is 3.04. The number of aliphatic imine (C=N–C) groups is 1. The largest absolute Gasteiger partial charge is 0.265 e.